The summed E-state index contributed by atoms with van der Waals surface area (Å²) in [7, 11) is 0. The number of carbonyl (C=O) groups excluding carboxylic acids is 2. The van der Waals surface area contributed by atoms with Crippen LogP contribution < -0.4 is 5.32 Å². The molecule has 0 fully saturated rings. The molecule has 5 heteroatoms. The van der Waals surface area contributed by atoms with E-state index >= 15 is 0 Å². The third-order valence-corrected chi connectivity index (χ3v) is 4.98. The number of aryl methyl sites for hydroxylation is 2. The number of hydrogen-bond donors (Lipinski definition) is 1. The first-order valence-corrected chi connectivity index (χ1v) is 9.38. The van der Waals surface area contributed by atoms with E-state index < -0.39 is 5.97 Å². The van der Waals surface area contributed by atoms with E-state index in [2.05, 4.69) is 5.32 Å². The highest BCUT2D eigenvalue weighted by atomic mass is 16.5. The molecular weight excluding hydrogens is 328 g/mol. The molecule has 26 heavy (non-hydrogen) atoms. The van der Waals surface area contributed by atoms with Crippen LogP contribution in [0.25, 0.3) is 10.9 Å². The summed E-state index contributed by atoms with van der Waals surface area (Å²) in [4.78, 5) is 29.6. The molecule has 1 aliphatic carbocycles. The SMILES string of the molecule is CC[C@@H](C)NC(=O)COC(=O)c1c2c(nc3ccc(C)cc13)CCCC2. The minimum atomic E-state index is -0.430. The maximum Gasteiger partial charge on any atom is 0.339 e. The monoisotopic (exact) mass is 354 g/mol. The van der Waals surface area contributed by atoms with Gasteiger partial charge >= 0.3 is 5.97 Å². The first-order valence-electron chi connectivity index (χ1n) is 9.38. The van der Waals surface area contributed by atoms with Crippen LogP contribution in [0.1, 0.15) is 60.3 Å². The molecule has 0 radical (unpaired) electrons. The van der Waals surface area contributed by atoms with Crippen LogP contribution in [-0.4, -0.2) is 29.5 Å². The molecule has 0 unspecified atom stereocenters. The lowest BCUT2D eigenvalue weighted by Gasteiger charge is -2.20. The fraction of sp³-hybridized carbons (Fsp3) is 0.476. The van der Waals surface area contributed by atoms with E-state index in [1.807, 2.05) is 39.0 Å². The van der Waals surface area contributed by atoms with Crippen molar-refractivity contribution in [2.24, 2.45) is 0 Å². The number of nitrogens with one attached hydrogen (secondary N) is 1. The molecule has 138 valence electrons. The number of ether oxygens (including phenoxy) is 1. The normalized spacial score (nSPS) is 14.6. The van der Waals surface area contributed by atoms with Crippen LogP contribution >= 0.6 is 0 Å². The zero-order chi connectivity index (χ0) is 18.7. The van der Waals surface area contributed by atoms with Crippen LogP contribution in [0.4, 0.5) is 0 Å². The van der Waals surface area contributed by atoms with Crippen molar-refractivity contribution in [1.29, 1.82) is 0 Å². The molecular formula is C21H26N2O3. The van der Waals surface area contributed by atoms with Crippen LogP contribution in [-0.2, 0) is 22.4 Å². The number of pyridine rings is 1. The standard InChI is InChI=1S/C21H26N2O3/c1-4-14(3)22-19(24)12-26-21(25)20-15-7-5-6-8-17(15)23-18-10-9-13(2)11-16(18)20/h9-11,14H,4-8,12H2,1-3H3,(H,22,24)/t14-/m1/s1. The van der Waals surface area contributed by atoms with E-state index in [-0.39, 0.29) is 18.6 Å². The number of carbonyl (C=O) groups is 2. The number of hydrogen-bond acceptors (Lipinski definition) is 4. The van der Waals surface area contributed by atoms with E-state index in [1.54, 1.807) is 0 Å². The first-order chi connectivity index (χ1) is 12.5. The molecule has 3 rings (SSSR count). The maximum atomic E-state index is 12.9. The first kappa shape index (κ1) is 18.4. The average Bonchev–Trinajstić information content (AvgIpc) is 2.64. The third kappa shape index (κ3) is 3.87. The molecule has 5 nitrogen and oxygen atoms in total. The predicted octanol–water partition coefficient (Wildman–Crippen LogP) is 3.49. The Morgan fingerprint density at radius 2 is 2.04 bits per heavy atom. The summed E-state index contributed by atoms with van der Waals surface area (Å²) in [5, 5.41) is 3.63. The number of fused-ring (bicyclic) bond motifs is 2. The Bertz CT molecular complexity index is 845. The molecule has 0 bridgehead atoms. The van der Waals surface area contributed by atoms with E-state index in [9.17, 15) is 9.59 Å². The molecule has 1 aromatic carbocycles. The highest BCUT2D eigenvalue weighted by molar-refractivity contribution is 6.05. The van der Waals surface area contributed by atoms with Gasteiger partial charge in [-0.05, 0) is 63.6 Å². The molecule has 1 aromatic heterocycles. The summed E-state index contributed by atoms with van der Waals surface area (Å²) in [5.74, 6) is -0.698. The molecule has 0 aliphatic heterocycles. The smallest absolute Gasteiger partial charge is 0.339 e. The second-order valence-electron chi connectivity index (χ2n) is 7.09. The lowest BCUT2D eigenvalue weighted by Crippen LogP contribution is -2.35. The summed E-state index contributed by atoms with van der Waals surface area (Å²) in [6, 6.07) is 6.00. The molecule has 1 heterocycles. The average molecular weight is 354 g/mol. The van der Waals surface area contributed by atoms with Crippen LogP contribution in [0.5, 0.6) is 0 Å². The van der Waals surface area contributed by atoms with E-state index in [0.717, 1.165) is 59.8 Å². The van der Waals surface area contributed by atoms with Gasteiger partial charge in [-0.3, -0.25) is 9.78 Å². The summed E-state index contributed by atoms with van der Waals surface area (Å²) in [6.45, 7) is 5.66. The van der Waals surface area contributed by atoms with Gasteiger partial charge in [-0.15, -0.1) is 0 Å². The highest BCUT2D eigenvalue weighted by Crippen LogP contribution is 2.30. The molecule has 1 N–H and O–H groups in total. The Morgan fingerprint density at radius 3 is 2.81 bits per heavy atom. The van der Waals surface area contributed by atoms with E-state index in [1.165, 1.54) is 0 Å². The van der Waals surface area contributed by atoms with Crippen LogP contribution in [0, 0.1) is 6.92 Å². The third-order valence-electron chi connectivity index (χ3n) is 4.98. The van der Waals surface area contributed by atoms with Gasteiger partial charge in [0.15, 0.2) is 6.61 Å². The highest BCUT2D eigenvalue weighted by Gasteiger charge is 2.24. The van der Waals surface area contributed by atoms with Crippen molar-refractivity contribution in [2.75, 3.05) is 6.61 Å². The van der Waals surface area contributed by atoms with Gasteiger partial charge in [0.1, 0.15) is 0 Å². The van der Waals surface area contributed by atoms with Gasteiger partial charge in [0.05, 0.1) is 11.1 Å². The zero-order valence-corrected chi connectivity index (χ0v) is 15.7. The van der Waals surface area contributed by atoms with Gasteiger partial charge in [0.2, 0.25) is 0 Å². The van der Waals surface area contributed by atoms with Crippen molar-refractivity contribution in [1.82, 2.24) is 10.3 Å². The molecule has 1 atom stereocenters. The van der Waals surface area contributed by atoms with Crippen molar-refractivity contribution >= 4 is 22.8 Å². The van der Waals surface area contributed by atoms with Crippen molar-refractivity contribution in [3.8, 4) is 0 Å². The summed E-state index contributed by atoms with van der Waals surface area (Å²) in [5.41, 5.74) is 4.45. The fourth-order valence-electron chi connectivity index (χ4n) is 3.39. The number of rotatable bonds is 5. The molecule has 0 spiro atoms. The maximum absolute atomic E-state index is 12.9. The van der Waals surface area contributed by atoms with Crippen molar-refractivity contribution in [2.45, 2.75) is 58.9 Å². The Morgan fingerprint density at radius 1 is 1.27 bits per heavy atom. The van der Waals surface area contributed by atoms with Crippen molar-refractivity contribution in [3.05, 3.63) is 40.6 Å². The molecule has 1 aliphatic rings. The quantitative estimate of drug-likeness (QED) is 0.835. The Hall–Kier alpha value is -2.43. The molecule has 0 saturated heterocycles. The second-order valence-corrected chi connectivity index (χ2v) is 7.09. The van der Waals surface area contributed by atoms with Gasteiger partial charge in [-0.1, -0.05) is 18.6 Å². The number of aromatic nitrogens is 1. The Balaban J connectivity index is 1.91. The summed E-state index contributed by atoms with van der Waals surface area (Å²) >= 11 is 0. The van der Waals surface area contributed by atoms with Crippen LogP contribution in [0.2, 0.25) is 0 Å². The van der Waals surface area contributed by atoms with Gasteiger partial charge in [-0.2, -0.15) is 0 Å². The number of benzene rings is 1. The van der Waals surface area contributed by atoms with Gasteiger partial charge in [0.25, 0.3) is 5.91 Å². The van der Waals surface area contributed by atoms with E-state index in [4.69, 9.17) is 9.72 Å². The zero-order valence-electron chi connectivity index (χ0n) is 15.7. The van der Waals surface area contributed by atoms with Crippen LogP contribution in [0.3, 0.4) is 0 Å². The lowest BCUT2D eigenvalue weighted by molar-refractivity contribution is -0.124. The van der Waals surface area contributed by atoms with Gasteiger partial charge < -0.3 is 10.1 Å². The molecule has 0 saturated carbocycles. The molecule has 2 aromatic rings. The van der Waals surface area contributed by atoms with Crippen molar-refractivity contribution in [3.63, 3.8) is 0 Å². The Labute approximate surface area is 154 Å². The number of esters is 1. The Kier molecular flexibility index (Phi) is 5.55. The summed E-state index contributed by atoms with van der Waals surface area (Å²) < 4.78 is 5.37. The van der Waals surface area contributed by atoms with Crippen LogP contribution in [0.15, 0.2) is 18.2 Å². The fourth-order valence-corrected chi connectivity index (χ4v) is 3.39. The minimum absolute atomic E-state index is 0.0679. The number of nitrogens with zero attached hydrogens (tertiary/aromatic N) is 1. The lowest BCUT2D eigenvalue weighted by atomic mass is 9.89. The summed E-state index contributed by atoms with van der Waals surface area (Å²) in [6.07, 6.45) is 4.68. The molecule has 1 amide bonds. The largest absolute Gasteiger partial charge is 0.452 e. The predicted molar refractivity (Wildman–Crippen MR) is 101 cm³/mol. The van der Waals surface area contributed by atoms with Gasteiger partial charge in [0, 0.05) is 17.1 Å². The van der Waals surface area contributed by atoms with Gasteiger partial charge in [-0.25, -0.2) is 4.79 Å². The van der Waals surface area contributed by atoms with E-state index in [0.29, 0.717) is 5.56 Å². The number of amides is 1. The minimum Gasteiger partial charge on any atom is -0.452 e. The second kappa shape index (κ2) is 7.85. The van der Waals surface area contributed by atoms with Crippen molar-refractivity contribution < 1.29 is 14.3 Å². The topological polar surface area (TPSA) is 68.3 Å².